The maximum Gasteiger partial charge on any atom is 0.293 e. The first-order valence-electron chi connectivity index (χ1n) is 3.55. The second-order valence-corrected chi connectivity index (χ2v) is 2.81. The Kier molecular flexibility index (Phi) is 6.09. The van der Waals surface area contributed by atoms with Crippen LogP contribution in [-0.4, -0.2) is 13.1 Å². The molecule has 0 aliphatic heterocycles. The fourth-order valence-corrected chi connectivity index (χ4v) is 1.18. The van der Waals surface area contributed by atoms with Crippen molar-refractivity contribution in [2.24, 2.45) is 0 Å². The highest BCUT2D eigenvalue weighted by Gasteiger charge is 1.87. The van der Waals surface area contributed by atoms with Gasteiger partial charge in [0.1, 0.15) is 0 Å². The molecule has 4 heteroatoms. The molecule has 68 valence electrons. The van der Waals surface area contributed by atoms with E-state index in [1.807, 2.05) is 17.7 Å². The number of nitrogens with two attached hydrogens (primary N) is 1. The molecule has 0 spiro atoms. The zero-order chi connectivity index (χ0) is 9.40. The Morgan fingerprint density at radius 2 is 2.33 bits per heavy atom. The molecule has 0 fully saturated rings. The molecule has 0 amide bonds. The predicted molar refractivity (Wildman–Crippen MR) is 51.2 cm³/mol. The Morgan fingerprint density at radius 3 is 2.42 bits per heavy atom. The topological polar surface area (TPSA) is 52.3 Å². The summed E-state index contributed by atoms with van der Waals surface area (Å²) in [6.45, 7) is 4.67. The first-order valence-corrected chi connectivity index (χ1v) is 4.50. The summed E-state index contributed by atoms with van der Waals surface area (Å²) in [6.07, 6.45) is 0. The fourth-order valence-electron chi connectivity index (χ4n) is 0.438. The first kappa shape index (κ1) is 11.0. The maximum absolute atomic E-state index is 9.18. The number of hydrogen-bond acceptors (Lipinski definition) is 4. The number of ether oxygens (including phenoxy) is 1. The average Bonchev–Trinajstić information content (AvgIpc) is 2.39. The lowest BCUT2D eigenvalue weighted by Gasteiger charge is -1.81. The standard InChI is InChI=1S/C5H7NS.C3H6O2/c1-4-2-7-3-5(4)6;1-2-5-3-4/h2-3H,6H2,1H3;3H,2H2,1H3. The Bertz CT molecular complexity index is 206. The van der Waals surface area contributed by atoms with Crippen LogP contribution in [0.15, 0.2) is 10.8 Å². The lowest BCUT2D eigenvalue weighted by Crippen LogP contribution is -1.80. The Balaban J connectivity index is 0.000000217. The molecule has 1 aromatic rings. The van der Waals surface area contributed by atoms with E-state index >= 15 is 0 Å². The SMILES string of the molecule is CCOC=O.Cc1cscc1N. The zero-order valence-electron chi connectivity index (χ0n) is 7.24. The number of anilines is 1. The van der Waals surface area contributed by atoms with Crippen molar-refractivity contribution in [3.05, 3.63) is 16.3 Å². The summed E-state index contributed by atoms with van der Waals surface area (Å²) in [7, 11) is 0. The number of thiophene rings is 1. The lowest BCUT2D eigenvalue weighted by molar-refractivity contribution is -0.128. The number of rotatable bonds is 2. The Hall–Kier alpha value is -1.03. The molecule has 12 heavy (non-hydrogen) atoms. The van der Waals surface area contributed by atoms with Gasteiger partial charge < -0.3 is 10.5 Å². The highest BCUT2D eigenvalue weighted by molar-refractivity contribution is 7.08. The summed E-state index contributed by atoms with van der Waals surface area (Å²) >= 11 is 1.64. The maximum atomic E-state index is 9.18. The third-order valence-electron chi connectivity index (χ3n) is 1.13. The van der Waals surface area contributed by atoms with Crippen LogP contribution in [0, 0.1) is 6.92 Å². The van der Waals surface area contributed by atoms with Gasteiger partial charge in [-0.1, -0.05) is 0 Å². The molecule has 1 heterocycles. The summed E-state index contributed by atoms with van der Waals surface area (Å²) in [5.41, 5.74) is 7.54. The molecule has 0 radical (unpaired) electrons. The van der Waals surface area contributed by atoms with E-state index < -0.39 is 0 Å². The highest BCUT2D eigenvalue weighted by atomic mass is 32.1. The van der Waals surface area contributed by atoms with Gasteiger partial charge in [-0.2, -0.15) is 0 Å². The van der Waals surface area contributed by atoms with E-state index in [4.69, 9.17) is 5.73 Å². The van der Waals surface area contributed by atoms with Crippen LogP contribution < -0.4 is 5.73 Å². The normalized spacial score (nSPS) is 8.17. The number of carbonyl (C=O) groups is 1. The molecule has 0 bridgehead atoms. The van der Waals surface area contributed by atoms with Crippen LogP contribution in [-0.2, 0) is 9.53 Å². The Morgan fingerprint density at radius 1 is 1.67 bits per heavy atom. The van der Waals surface area contributed by atoms with Crippen LogP contribution in [0.4, 0.5) is 5.69 Å². The second kappa shape index (κ2) is 6.67. The van der Waals surface area contributed by atoms with Gasteiger partial charge in [0.25, 0.3) is 6.47 Å². The van der Waals surface area contributed by atoms with Crippen molar-refractivity contribution in [1.82, 2.24) is 0 Å². The molecular formula is C8H13NO2S. The van der Waals surface area contributed by atoms with Gasteiger partial charge in [-0.05, 0) is 24.8 Å². The van der Waals surface area contributed by atoms with Crippen molar-refractivity contribution >= 4 is 23.5 Å². The van der Waals surface area contributed by atoms with Crippen LogP contribution in [0.25, 0.3) is 0 Å². The van der Waals surface area contributed by atoms with E-state index in [0.717, 1.165) is 5.69 Å². The molecule has 0 aliphatic carbocycles. The van der Waals surface area contributed by atoms with Crippen molar-refractivity contribution in [2.75, 3.05) is 12.3 Å². The number of aryl methyl sites for hydroxylation is 1. The molecule has 3 nitrogen and oxygen atoms in total. The van der Waals surface area contributed by atoms with Crippen molar-refractivity contribution in [3.8, 4) is 0 Å². The molecule has 1 rings (SSSR count). The van der Waals surface area contributed by atoms with Gasteiger partial charge >= 0.3 is 0 Å². The molecule has 0 saturated carbocycles. The summed E-state index contributed by atoms with van der Waals surface area (Å²) in [4.78, 5) is 9.18. The lowest BCUT2D eigenvalue weighted by atomic mass is 10.3. The van der Waals surface area contributed by atoms with Crippen LogP contribution in [0.2, 0.25) is 0 Å². The average molecular weight is 187 g/mol. The van der Waals surface area contributed by atoms with E-state index in [2.05, 4.69) is 4.74 Å². The molecule has 0 aliphatic rings. The van der Waals surface area contributed by atoms with Crippen molar-refractivity contribution in [3.63, 3.8) is 0 Å². The van der Waals surface area contributed by atoms with Gasteiger partial charge in [-0.3, -0.25) is 4.79 Å². The summed E-state index contributed by atoms with van der Waals surface area (Å²) in [5.74, 6) is 0. The molecular weight excluding hydrogens is 174 g/mol. The van der Waals surface area contributed by atoms with Crippen molar-refractivity contribution < 1.29 is 9.53 Å². The van der Waals surface area contributed by atoms with Crippen molar-refractivity contribution in [1.29, 1.82) is 0 Å². The third kappa shape index (κ3) is 4.73. The second-order valence-electron chi connectivity index (χ2n) is 2.06. The minimum atomic E-state index is 0.431. The fraction of sp³-hybridized carbons (Fsp3) is 0.375. The van der Waals surface area contributed by atoms with Gasteiger partial charge in [0, 0.05) is 11.1 Å². The van der Waals surface area contributed by atoms with Crippen LogP contribution in [0.1, 0.15) is 12.5 Å². The largest absolute Gasteiger partial charge is 0.468 e. The van der Waals surface area contributed by atoms with E-state index in [9.17, 15) is 4.79 Å². The van der Waals surface area contributed by atoms with Crippen LogP contribution >= 0.6 is 11.3 Å². The van der Waals surface area contributed by atoms with Crippen LogP contribution in [0.5, 0.6) is 0 Å². The summed E-state index contributed by atoms with van der Waals surface area (Å²) in [5, 5.41) is 3.98. The Labute approximate surface area is 76.2 Å². The molecule has 0 unspecified atom stereocenters. The predicted octanol–water partition coefficient (Wildman–Crippen LogP) is 1.82. The molecule has 0 aromatic carbocycles. The smallest absolute Gasteiger partial charge is 0.293 e. The quantitative estimate of drug-likeness (QED) is 0.718. The highest BCUT2D eigenvalue weighted by Crippen LogP contribution is 2.14. The third-order valence-corrected chi connectivity index (χ3v) is 2.01. The first-order chi connectivity index (χ1) is 5.72. The van der Waals surface area contributed by atoms with Gasteiger partial charge in [-0.15, -0.1) is 11.3 Å². The number of hydrogen-bond donors (Lipinski definition) is 1. The summed E-state index contributed by atoms with van der Waals surface area (Å²) < 4.78 is 4.15. The van der Waals surface area contributed by atoms with E-state index in [1.54, 1.807) is 18.3 Å². The zero-order valence-corrected chi connectivity index (χ0v) is 8.06. The minimum absolute atomic E-state index is 0.431. The monoisotopic (exact) mass is 187 g/mol. The van der Waals surface area contributed by atoms with Gasteiger partial charge in [0.2, 0.25) is 0 Å². The van der Waals surface area contributed by atoms with Crippen molar-refractivity contribution in [2.45, 2.75) is 13.8 Å². The molecule has 1 aromatic heterocycles. The van der Waals surface area contributed by atoms with Gasteiger partial charge in [-0.25, -0.2) is 0 Å². The minimum Gasteiger partial charge on any atom is -0.468 e. The molecule has 0 saturated heterocycles. The number of nitrogen functional groups attached to an aromatic ring is 1. The van der Waals surface area contributed by atoms with Gasteiger partial charge in [0.05, 0.1) is 6.61 Å². The van der Waals surface area contributed by atoms with E-state index in [0.29, 0.717) is 13.1 Å². The van der Waals surface area contributed by atoms with Crippen LogP contribution in [0.3, 0.4) is 0 Å². The molecule has 0 atom stereocenters. The van der Waals surface area contributed by atoms with E-state index in [-0.39, 0.29) is 0 Å². The van der Waals surface area contributed by atoms with E-state index in [1.165, 1.54) is 5.56 Å². The number of carbonyl (C=O) groups excluding carboxylic acids is 1. The van der Waals surface area contributed by atoms with Gasteiger partial charge in [0.15, 0.2) is 0 Å². The molecule has 2 N–H and O–H groups in total. The summed E-state index contributed by atoms with van der Waals surface area (Å²) in [6, 6.07) is 0.